The monoisotopic (exact) mass is 401 g/mol. The number of carbonyl (C=O) groups is 1. The Morgan fingerprint density at radius 1 is 1.18 bits per heavy atom. The van der Waals surface area contributed by atoms with E-state index in [1.165, 1.54) is 18.7 Å². The van der Waals surface area contributed by atoms with Crippen molar-refractivity contribution in [2.45, 2.75) is 31.2 Å². The largest absolute Gasteiger partial charge is 0.326 e. The van der Waals surface area contributed by atoms with E-state index in [0.717, 1.165) is 31.5 Å². The Balaban J connectivity index is 1.68. The molecule has 1 fully saturated rings. The Morgan fingerprint density at radius 2 is 1.93 bits per heavy atom. The molecule has 2 N–H and O–H groups in total. The summed E-state index contributed by atoms with van der Waals surface area (Å²) in [5, 5.41) is 2.94. The van der Waals surface area contributed by atoms with E-state index in [1.54, 1.807) is 12.1 Å². The predicted octanol–water partition coefficient (Wildman–Crippen LogP) is 2.75. The number of likely N-dealkylation sites (tertiary alicyclic amines) is 1. The number of nitrogens with one attached hydrogen (secondary N) is 2. The van der Waals surface area contributed by atoms with Crippen LogP contribution in [-0.4, -0.2) is 39.4 Å². The lowest BCUT2D eigenvalue weighted by molar-refractivity contribution is -0.121. The fraction of sp³-hybridized carbons (Fsp3) is 0.381. The summed E-state index contributed by atoms with van der Waals surface area (Å²) in [6.45, 7) is 4.37. The maximum atomic E-state index is 12.8. The van der Waals surface area contributed by atoms with Crippen molar-refractivity contribution in [1.82, 2.24) is 9.62 Å². The smallest absolute Gasteiger partial charge is 0.240 e. The number of anilines is 1. The van der Waals surface area contributed by atoms with Crippen LogP contribution in [0.2, 0.25) is 0 Å². The van der Waals surface area contributed by atoms with E-state index >= 15 is 0 Å². The van der Waals surface area contributed by atoms with Crippen LogP contribution < -0.4 is 10.0 Å². The molecule has 1 atom stereocenters. The van der Waals surface area contributed by atoms with E-state index in [2.05, 4.69) is 27.1 Å². The zero-order valence-corrected chi connectivity index (χ0v) is 17.1. The van der Waals surface area contributed by atoms with Gasteiger partial charge in [-0.25, -0.2) is 13.1 Å². The zero-order valence-electron chi connectivity index (χ0n) is 16.3. The Morgan fingerprint density at radius 3 is 2.64 bits per heavy atom. The minimum atomic E-state index is -3.55. The second-order valence-corrected chi connectivity index (χ2v) is 9.12. The number of hydrogen-bond acceptors (Lipinski definition) is 4. The van der Waals surface area contributed by atoms with Gasteiger partial charge in [-0.15, -0.1) is 0 Å². The van der Waals surface area contributed by atoms with Gasteiger partial charge in [-0.2, -0.15) is 0 Å². The van der Waals surface area contributed by atoms with E-state index in [-0.39, 0.29) is 16.7 Å². The van der Waals surface area contributed by atoms with Crippen LogP contribution >= 0.6 is 0 Å². The molecule has 28 heavy (non-hydrogen) atoms. The molecule has 1 saturated heterocycles. The van der Waals surface area contributed by atoms with Gasteiger partial charge in [0.15, 0.2) is 0 Å². The Bertz CT molecular complexity index is 929. The summed E-state index contributed by atoms with van der Waals surface area (Å²) in [5.74, 6) is -0.165. The number of carbonyl (C=O) groups excluding carboxylic acids is 1. The number of benzene rings is 2. The van der Waals surface area contributed by atoms with Crippen molar-refractivity contribution in [3.05, 3.63) is 59.7 Å². The maximum Gasteiger partial charge on any atom is 0.240 e. The molecular formula is C21H27N3O3S. The van der Waals surface area contributed by atoms with Crippen molar-refractivity contribution >= 4 is 21.6 Å². The minimum absolute atomic E-state index is 0.0557. The first-order chi connectivity index (χ1) is 13.4. The van der Waals surface area contributed by atoms with Gasteiger partial charge in [0.05, 0.1) is 10.8 Å². The topological polar surface area (TPSA) is 78.5 Å². The van der Waals surface area contributed by atoms with E-state index < -0.39 is 10.0 Å². The molecule has 0 aromatic heterocycles. The second-order valence-electron chi connectivity index (χ2n) is 7.23. The Labute approximate surface area is 167 Å². The van der Waals surface area contributed by atoms with E-state index in [9.17, 15) is 13.2 Å². The highest BCUT2D eigenvalue weighted by atomic mass is 32.2. The van der Waals surface area contributed by atoms with Crippen LogP contribution in [0.15, 0.2) is 53.4 Å². The molecule has 3 rings (SSSR count). The van der Waals surface area contributed by atoms with Gasteiger partial charge in [0.25, 0.3) is 0 Å². The molecule has 0 unspecified atom stereocenters. The molecule has 0 spiro atoms. The molecule has 2 aromatic rings. The molecule has 0 bridgehead atoms. The molecule has 0 radical (unpaired) electrons. The Hall–Kier alpha value is -2.22. The summed E-state index contributed by atoms with van der Waals surface area (Å²) >= 11 is 0. The molecule has 1 aliphatic rings. The SMILES string of the molecule is CNS(=O)(=O)c1ccc(C)c(NC(=O)[C@H]2CCCN(Cc3ccccc3)C2)c1. The number of aryl methyl sites for hydroxylation is 1. The first kappa shape index (κ1) is 20.5. The Kier molecular flexibility index (Phi) is 6.49. The highest BCUT2D eigenvalue weighted by molar-refractivity contribution is 7.89. The molecular weight excluding hydrogens is 374 g/mol. The fourth-order valence-electron chi connectivity index (χ4n) is 3.51. The molecule has 0 aliphatic carbocycles. The fourth-order valence-corrected chi connectivity index (χ4v) is 4.27. The normalized spacial score (nSPS) is 18.0. The standard InChI is InChI=1S/C21H27N3O3S/c1-16-10-11-19(28(26,27)22-2)13-20(16)23-21(25)18-9-6-12-24(15-18)14-17-7-4-3-5-8-17/h3-5,7-8,10-11,13,18,22H,6,9,12,14-15H2,1-2H3,(H,23,25)/t18-/m0/s1. The third-order valence-electron chi connectivity index (χ3n) is 5.17. The van der Waals surface area contributed by atoms with Gasteiger partial charge in [-0.05, 0) is 56.6 Å². The number of nitrogens with zero attached hydrogens (tertiary/aromatic N) is 1. The first-order valence-corrected chi connectivity index (χ1v) is 11.0. The van der Waals surface area contributed by atoms with Gasteiger partial charge in [0.1, 0.15) is 0 Å². The lowest BCUT2D eigenvalue weighted by Gasteiger charge is -2.32. The quantitative estimate of drug-likeness (QED) is 0.780. The molecule has 7 heteroatoms. The highest BCUT2D eigenvalue weighted by Crippen LogP contribution is 2.24. The maximum absolute atomic E-state index is 12.8. The predicted molar refractivity (Wildman–Crippen MR) is 110 cm³/mol. The molecule has 0 saturated carbocycles. The number of hydrogen-bond donors (Lipinski definition) is 2. The molecule has 2 aromatic carbocycles. The summed E-state index contributed by atoms with van der Waals surface area (Å²) in [6, 6.07) is 15.0. The summed E-state index contributed by atoms with van der Waals surface area (Å²) in [5.41, 5.74) is 2.62. The first-order valence-electron chi connectivity index (χ1n) is 9.50. The van der Waals surface area contributed by atoms with Crippen LogP contribution in [0.5, 0.6) is 0 Å². The average Bonchev–Trinajstić information content (AvgIpc) is 2.70. The molecule has 6 nitrogen and oxygen atoms in total. The average molecular weight is 402 g/mol. The molecule has 150 valence electrons. The highest BCUT2D eigenvalue weighted by Gasteiger charge is 2.26. The minimum Gasteiger partial charge on any atom is -0.326 e. The van der Waals surface area contributed by atoms with Gasteiger partial charge in [-0.3, -0.25) is 9.69 Å². The number of piperidine rings is 1. The molecule has 1 heterocycles. The van der Waals surface area contributed by atoms with Crippen molar-refractivity contribution in [2.75, 3.05) is 25.5 Å². The van der Waals surface area contributed by atoms with Gasteiger partial charge in [0.2, 0.25) is 15.9 Å². The van der Waals surface area contributed by atoms with Gasteiger partial charge in [-0.1, -0.05) is 36.4 Å². The van der Waals surface area contributed by atoms with Crippen LogP contribution in [-0.2, 0) is 21.4 Å². The summed E-state index contributed by atoms with van der Waals surface area (Å²) < 4.78 is 26.4. The van der Waals surface area contributed by atoms with Gasteiger partial charge >= 0.3 is 0 Å². The molecule has 1 amide bonds. The van der Waals surface area contributed by atoms with Crippen molar-refractivity contribution < 1.29 is 13.2 Å². The van der Waals surface area contributed by atoms with Crippen molar-refractivity contribution in [3.63, 3.8) is 0 Å². The van der Waals surface area contributed by atoms with Crippen molar-refractivity contribution in [3.8, 4) is 0 Å². The van der Waals surface area contributed by atoms with Gasteiger partial charge < -0.3 is 5.32 Å². The lowest BCUT2D eigenvalue weighted by Crippen LogP contribution is -2.40. The zero-order chi connectivity index (χ0) is 20.1. The number of rotatable bonds is 6. The number of amides is 1. The van der Waals surface area contributed by atoms with Crippen LogP contribution in [0, 0.1) is 12.8 Å². The van der Waals surface area contributed by atoms with Crippen LogP contribution in [0.25, 0.3) is 0 Å². The van der Waals surface area contributed by atoms with Gasteiger partial charge in [0, 0.05) is 18.8 Å². The number of sulfonamides is 1. The third-order valence-corrected chi connectivity index (χ3v) is 6.58. The van der Waals surface area contributed by atoms with E-state index in [4.69, 9.17) is 0 Å². The third kappa shape index (κ3) is 4.98. The van der Waals surface area contributed by atoms with E-state index in [1.807, 2.05) is 25.1 Å². The molecule has 1 aliphatic heterocycles. The summed E-state index contributed by atoms with van der Waals surface area (Å²) in [7, 11) is -2.18. The summed E-state index contributed by atoms with van der Waals surface area (Å²) in [4.78, 5) is 15.3. The van der Waals surface area contributed by atoms with Crippen LogP contribution in [0.3, 0.4) is 0 Å². The summed E-state index contributed by atoms with van der Waals surface area (Å²) in [6.07, 6.45) is 1.81. The second kappa shape index (κ2) is 8.86. The van der Waals surface area contributed by atoms with Crippen LogP contribution in [0.1, 0.15) is 24.0 Å². The van der Waals surface area contributed by atoms with Crippen molar-refractivity contribution in [2.24, 2.45) is 5.92 Å². The lowest BCUT2D eigenvalue weighted by atomic mass is 9.96. The van der Waals surface area contributed by atoms with Crippen molar-refractivity contribution in [1.29, 1.82) is 0 Å². The van der Waals surface area contributed by atoms with Crippen LogP contribution in [0.4, 0.5) is 5.69 Å². The van der Waals surface area contributed by atoms with E-state index in [0.29, 0.717) is 12.2 Å².